The van der Waals surface area contributed by atoms with Crippen LogP contribution in [-0.4, -0.2) is 23.8 Å². The molecule has 0 spiro atoms. The number of alkyl halides is 2. The summed E-state index contributed by atoms with van der Waals surface area (Å²) in [5.41, 5.74) is 1.01. The lowest BCUT2D eigenvalue weighted by molar-refractivity contribution is -0.132. The second kappa shape index (κ2) is 8.56. The van der Waals surface area contributed by atoms with Crippen LogP contribution in [0.5, 0.6) is 0 Å². The van der Waals surface area contributed by atoms with Crippen LogP contribution in [0, 0.1) is 23.1 Å². The Kier molecular flexibility index (Phi) is 7.08. The Hall–Kier alpha value is -2.03. The summed E-state index contributed by atoms with van der Waals surface area (Å²) in [6.07, 6.45) is -0.609. The lowest BCUT2D eigenvalue weighted by Crippen LogP contribution is -2.31. The van der Waals surface area contributed by atoms with E-state index >= 15 is 0 Å². The summed E-state index contributed by atoms with van der Waals surface area (Å²) in [4.78, 5) is 13.9. The van der Waals surface area contributed by atoms with E-state index in [0.717, 1.165) is 13.3 Å². The van der Waals surface area contributed by atoms with E-state index in [0.29, 0.717) is 24.1 Å². The Bertz CT molecular complexity index is 581. The van der Waals surface area contributed by atoms with Gasteiger partial charge in [-0.3, -0.25) is 4.79 Å². The van der Waals surface area contributed by atoms with Crippen LogP contribution in [0.25, 0.3) is 0 Å². The highest BCUT2D eigenvalue weighted by molar-refractivity contribution is 5.81. The maximum atomic E-state index is 13.5. The van der Waals surface area contributed by atoms with Crippen LogP contribution in [-0.2, 0) is 4.79 Å². The zero-order valence-electron chi connectivity index (χ0n) is 13.5. The summed E-state index contributed by atoms with van der Waals surface area (Å²) in [5.74, 6) is -0.264. The number of hydrogen-bond acceptors (Lipinski definition) is 2. The van der Waals surface area contributed by atoms with Gasteiger partial charge in [0.1, 0.15) is 5.82 Å². The molecule has 1 aliphatic rings. The monoisotopic (exact) mass is 326 g/mol. The van der Waals surface area contributed by atoms with Crippen LogP contribution in [0.3, 0.4) is 0 Å². The van der Waals surface area contributed by atoms with E-state index in [1.54, 1.807) is 11.0 Å². The van der Waals surface area contributed by atoms with Crippen molar-refractivity contribution >= 4 is 5.91 Å². The second-order valence-electron chi connectivity index (χ2n) is 5.55. The van der Waals surface area contributed by atoms with Gasteiger partial charge in [0.25, 0.3) is 0 Å². The van der Waals surface area contributed by atoms with Gasteiger partial charge in [0.05, 0.1) is 17.7 Å². The van der Waals surface area contributed by atoms with Gasteiger partial charge in [-0.1, -0.05) is 13.8 Å². The summed E-state index contributed by atoms with van der Waals surface area (Å²) in [6.45, 7) is 5.43. The predicted molar refractivity (Wildman–Crippen MR) is 81.3 cm³/mol. The minimum absolute atomic E-state index is 0.0399. The molecule has 23 heavy (non-hydrogen) atoms. The Morgan fingerprint density at radius 2 is 2.00 bits per heavy atom. The molecule has 2 rings (SSSR count). The quantitative estimate of drug-likeness (QED) is 0.832. The Balaban J connectivity index is 0.000000593. The van der Waals surface area contributed by atoms with Gasteiger partial charge in [0, 0.05) is 12.5 Å². The molecule has 1 fully saturated rings. The molecule has 1 aromatic carbocycles. The van der Waals surface area contributed by atoms with Gasteiger partial charge < -0.3 is 4.90 Å². The van der Waals surface area contributed by atoms with Crippen LogP contribution in [0.2, 0.25) is 0 Å². The molecule has 2 atom stereocenters. The third-order valence-corrected chi connectivity index (χ3v) is 3.70. The smallest absolute Gasteiger partial charge is 0.235 e. The molecule has 0 radical (unpaired) electrons. The number of carbonyl (C=O) groups is 1. The first-order valence-corrected chi connectivity index (χ1v) is 7.59. The molecule has 1 heterocycles. The van der Waals surface area contributed by atoms with Crippen molar-refractivity contribution in [1.82, 2.24) is 4.90 Å². The van der Waals surface area contributed by atoms with E-state index in [1.165, 1.54) is 12.1 Å². The molecule has 1 aliphatic heterocycles. The Morgan fingerprint density at radius 3 is 2.43 bits per heavy atom. The number of nitriles is 1. The standard InChI is InChI=1S/C15H17FN2O.C2H4F2/c1-3-14(18-5-4-10(2)15(18)19)12-6-11(9-17)7-13(16)8-12;1-2(3)4/h6-8,10,14H,3-5H2,1-2H3;2H,1H3. The van der Waals surface area contributed by atoms with Crippen molar-refractivity contribution in [2.75, 3.05) is 6.54 Å². The number of rotatable bonds is 3. The van der Waals surface area contributed by atoms with Crippen molar-refractivity contribution in [1.29, 1.82) is 5.26 Å². The highest BCUT2D eigenvalue weighted by atomic mass is 19.3. The minimum Gasteiger partial charge on any atom is -0.335 e. The van der Waals surface area contributed by atoms with E-state index in [2.05, 4.69) is 0 Å². The van der Waals surface area contributed by atoms with Gasteiger partial charge in [-0.2, -0.15) is 5.26 Å². The zero-order chi connectivity index (χ0) is 17.6. The highest BCUT2D eigenvalue weighted by Gasteiger charge is 2.33. The third kappa shape index (κ3) is 5.27. The fourth-order valence-corrected chi connectivity index (χ4v) is 2.66. The highest BCUT2D eigenvalue weighted by Crippen LogP contribution is 2.31. The van der Waals surface area contributed by atoms with Crippen LogP contribution in [0.4, 0.5) is 13.2 Å². The van der Waals surface area contributed by atoms with E-state index in [1.807, 2.05) is 19.9 Å². The molecule has 1 aromatic rings. The third-order valence-electron chi connectivity index (χ3n) is 3.70. The Morgan fingerprint density at radius 1 is 1.39 bits per heavy atom. The number of benzene rings is 1. The summed E-state index contributed by atoms with van der Waals surface area (Å²) in [6, 6.07) is 6.12. The molecule has 0 aromatic heterocycles. The maximum absolute atomic E-state index is 13.5. The Labute approximate surface area is 134 Å². The SMILES string of the molecule is CC(F)F.CCC(c1cc(F)cc(C#N)c1)N1CCC(C)C1=O. The summed E-state index contributed by atoms with van der Waals surface area (Å²) in [7, 11) is 0. The van der Waals surface area contributed by atoms with Gasteiger partial charge >= 0.3 is 0 Å². The fourth-order valence-electron chi connectivity index (χ4n) is 2.66. The molecule has 126 valence electrons. The fraction of sp³-hybridized carbons (Fsp3) is 0.529. The van der Waals surface area contributed by atoms with Crippen LogP contribution in [0.1, 0.15) is 50.8 Å². The summed E-state index contributed by atoms with van der Waals surface area (Å²) in [5, 5.41) is 8.90. The molecule has 0 bridgehead atoms. The van der Waals surface area contributed by atoms with Crippen molar-refractivity contribution in [3.63, 3.8) is 0 Å². The molecule has 0 saturated carbocycles. The van der Waals surface area contributed by atoms with E-state index in [4.69, 9.17) is 5.26 Å². The molecular weight excluding hydrogens is 305 g/mol. The van der Waals surface area contributed by atoms with Crippen LogP contribution < -0.4 is 0 Å². The minimum atomic E-state index is -2.17. The predicted octanol–water partition coefficient (Wildman–Crippen LogP) is 4.29. The van der Waals surface area contributed by atoms with Crippen molar-refractivity contribution in [3.05, 3.63) is 35.1 Å². The van der Waals surface area contributed by atoms with E-state index in [9.17, 15) is 18.0 Å². The average molecular weight is 326 g/mol. The zero-order valence-corrected chi connectivity index (χ0v) is 13.5. The largest absolute Gasteiger partial charge is 0.335 e. The molecular formula is C17H21F3N2O. The first-order valence-electron chi connectivity index (χ1n) is 7.59. The normalized spacial score (nSPS) is 18.4. The summed E-state index contributed by atoms with van der Waals surface area (Å²) < 4.78 is 34.2. The van der Waals surface area contributed by atoms with Gasteiger partial charge in [-0.05, 0) is 43.5 Å². The second-order valence-corrected chi connectivity index (χ2v) is 5.55. The number of carbonyl (C=O) groups excluding carboxylic acids is 1. The molecule has 0 aliphatic carbocycles. The first-order chi connectivity index (χ1) is 10.8. The van der Waals surface area contributed by atoms with E-state index < -0.39 is 12.2 Å². The number of amides is 1. The van der Waals surface area contributed by atoms with Gasteiger partial charge in [-0.25, -0.2) is 13.2 Å². The number of likely N-dealkylation sites (tertiary alicyclic amines) is 1. The molecule has 1 saturated heterocycles. The molecule has 2 unspecified atom stereocenters. The molecule has 3 nitrogen and oxygen atoms in total. The van der Waals surface area contributed by atoms with Crippen molar-refractivity contribution in [2.45, 2.75) is 46.1 Å². The van der Waals surface area contributed by atoms with Gasteiger partial charge in [-0.15, -0.1) is 0 Å². The van der Waals surface area contributed by atoms with Crippen LogP contribution >= 0.6 is 0 Å². The number of halogens is 3. The first kappa shape index (κ1) is 19.0. The summed E-state index contributed by atoms with van der Waals surface area (Å²) >= 11 is 0. The topological polar surface area (TPSA) is 44.1 Å². The maximum Gasteiger partial charge on any atom is 0.235 e. The molecule has 0 N–H and O–H groups in total. The molecule has 1 amide bonds. The number of hydrogen-bond donors (Lipinski definition) is 0. The van der Waals surface area contributed by atoms with Gasteiger partial charge in [0.15, 0.2) is 0 Å². The van der Waals surface area contributed by atoms with E-state index in [-0.39, 0.29) is 17.9 Å². The molecule has 6 heteroatoms. The lowest BCUT2D eigenvalue weighted by atomic mass is 10.0. The van der Waals surface area contributed by atoms with Gasteiger partial charge in [0.2, 0.25) is 12.3 Å². The van der Waals surface area contributed by atoms with Crippen molar-refractivity contribution in [3.8, 4) is 6.07 Å². The lowest BCUT2D eigenvalue weighted by Gasteiger charge is -2.27. The average Bonchev–Trinajstić information content (AvgIpc) is 2.79. The van der Waals surface area contributed by atoms with Crippen molar-refractivity contribution in [2.24, 2.45) is 5.92 Å². The van der Waals surface area contributed by atoms with Crippen molar-refractivity contribution < 1.29 is 18.0 Å². The number of nitrogens with zero attached hydrogens (tertiary/aromatic N) is 2. The van der Waals surface area contributed by atoms with Crippen LogP contribution in [0.15, 0.2) is 18.2 Å².